The molecule has 0 radical (unpaired) electrons. The molecule has 0 unspecified atom stereocenters. The smallest absolute Gasteiger partial charge is 0.255 e. The van der Waals surface area contributed by atoms with E-state index in [1.165, 1.54) is 0 Å². The minimum absolute atomic E-state index is 0.137. The van der Waals surface area contributed by atoms with Crippen LogP contribution in [0.3, 0.4) is 0 Å². The van der Waals surface area contributed by atoms with Crippen molar-refractivity contribution in [1.29, 1.82) is 0 Å². The Kier molecular flexibility index (Phi) is 3.29. The molecule has 2 aromatic rings. The summed E-state index contributed by atoms with van der Waals surface area (Å²) in [6, 6.07) is 12.8. The molecule has 1 amide bonds. The van der Waals surface area contributed by atoms with E-state index >= 15 is 0 Å². The van der Waals surface area contributed by atoms with Crippen LogP contribution in [0.15, 0.2) is 42.5 Å². The van der Waals surface area contributed by atoms with Crippen molar-refractivity contribution in [2.75, 3.05) is 18.5 Å². The first-order valence-electron chi connectivity index (χ1n) is 6.51. The van der Waals surface area contributed by atoms with Crippen LogP contribution in [0.5, 0.6) is 11.5 Å². The number of anilines is 1. The van der Waals surface area contributed by atoms with Gasteiger partial charge in [-0.05, 0) is 30.7 Å². The zero-order valence-electron chi connectivity index (χ0n) is 11.2. The number of nitrogens with one attached hydrogen (secondary N) is 1. The molecule has 1 aliphatic heterocycles. The van der Waals surface area contributed by atoms with E-state index in [2.05, 4.69) is 5.32 Å². The second kappa shape index (κ2) is 5.25. The summed E-state index contributed by atoms with van der Waals surface area (Å²) in [6.45, 7) is 3.03. The van der Waals surface area contributed by atoms with Gasteiger partial charge in [-0.15, -0.1) is 0 Å². The van der Waals surface area contributed by atoms with Crippen LogP contribution in [0.1, 0.15) is 15.9 Å². The van der Waals surface area contributed by atoms with Crippen molar-refractivity contribution in [3.63, 3.8) is 0 Å². The van der Waals surface area contributed by atoms with Gasteiger partial charge in [-0.2, -0.15) is 0 Å². The predicted octanol–water partition coefficient (Wildman–Crippen LogP) is 3.02. The summed E-state index contributed by atoms with van der Waals surface area (Å²) in [5, 5.41) is 2.87. The number of ether oxygens (including phenoxy) is 2. The summed E-state index contributed by atoms with van der Waals surface area (Å²) in [4.78, 5) is 12.1. The largest absolute Gasteiger partial charge is 0.486 e. The molecule has 1 N–H and O–H groups in total. The van der Waals surface area contributed by atoms with Crippen LogP contribution in [-0.2, 0) is 0 Å². The zero-order chi connectivity index (χ0) is 13.9. The fourth-order valence-electron chi connectivity index (χ4n) is 2.19. The molecular weight excluding hydrogens is 254 g/mol. The Hall–Kier alpha value is -2.49. The molecule has 3 rings (SSSR count). The highest BCUT2D eigenvalue weighted by molar-refractivity contribution is 6.04. The van der Waals surface area contributed by atoms with Crippen LogP contribution in [0.25, 0.3) is 0 Å². The van der Waals surface area contributed by atoms with Gasteiger partial charge in [0.1, 0.15) is 13.2 Å². The summed E-state index contributed by atoms with van der Waals surface area (Å²) in [5.74, 6) is 1.30. The van der Waals surface area contributed by atoms with E-state index in [1.54, 1.807) is 18.2 Å². The number of carbonyl (C=O) groups excluding carboxylic acids is 1. The minimum Gasteiger partial charge on any atom is -0.486 e. The van der Waals surface area contributed by atoms with Gasteiger partial charge in [0.25, 0.3) is 5.91 Å². The zero-order valence-corrected chi connectivity index (χ0v) is 11.2. The third-order valence-electron chi connectivity index (χ3n) is 3.12. The lowest BCUT2D eigenvalue weighted by Gasteiger charge is -2.21. The molecule has 0 fully saturated rings. The van der Waals surface area contributed by atoms with Gasteiger partial charge >= 0.3 is 0 Å². The summed E-state index contributed by atoms with van der Waals surface area (Å²) < 4.78 is 11.1. The van der Waals surface area contributed by atoms with E-state index in [0.29, 0.717) is 30.2 Å². The maximum absolute atomic E-state index is 12.1. The molecule has 0 saturated carbocycles. The summed E-state index contributed by atoms with van der Waals surface area (Å²) in [7, 11) is 0. The van der Waals surface area contributed by atoms with E-state index in [1.807, 2.05) is 31.2 Å². The van der Waals surface area contributed by atoms with E-state index in [9.17, 15) is 4.79 Å². The number of hydrogen-bond acceptors (Lipinski definition) is 3. The molecule has 0 aliphatic carbocycles. The van der Waals surface area contributed by atoms with Gasteiger partial charge in [-0.3, -0.25) is 4.79 Å². The lowest BCUT2D eigenvalue weighted by atomic mass is 10.1. The lowest BCUT2D eigenvalue weighted by Crippen LogP contribution is -2.17. The van der Waals surface area contributed by atoms with Crippen molar-refractivity contribution in [1.82, 2.24) is 0 Å². The Morgan fingerprint density at radius 2 is 1.85 bits per heavy atom. The van der Waals surface area contributed by atoms with Crippen LogP contribution in [-0.4, -0.2) is 19.1 Å². The lowest BCUT2D eigenvalue weighted by molar-refractivity contribution is 0.102. The minimum atomic E-state index is -0.137. The molecule has 20 heavy (non-hydrogen) atoms. The SMILES string of the molecule is Cc1cc(NC(=O)c2ccccc2)cc2c1OCCO2. The molecule has 2 aromatic carbocycles. The normalized spacial score (nSPS) is 12.8. The molecule has 0 spiro atoms. The number of carbonyl (C=O) groups is 1. The molecule has 1 aliphatic rings. The Morgan fingerprint density at radius 3 is 2.65 bits per heavy atom. The summed E-state index contributed by atoms with van der Waals surface area (Å²) in [5.41, 5.74) is 2.28. The monoisotopic (exact) mass is 269 g/mol. The molecule has 0 bridgehead atoms. The fraction of sp³-hybridized carbons (Fsp3) is 0.188. The first-order valence-corrected chi connectivity index (χ1v) is 6.51. The quantitative estimate of drug-likeness (QED) is 0.911. The molecule has 0 saturated heterocycles. The van der Waals surface area contributed by atoms with Gasteiger partial charge in [0.15, 0.2) is 11.5 Å². The van der Waals surface area contributed by atoms with E-state index < -0.39 is 0 Å². The number of amides is 1. The summed E-state index contributed by atoms with van der Waals surface area (Å²) in [6.07, 6.45) is 0. The molecule has 4 heteroatoms. The highest BCUT2D eigenvalue weighted by atomic mass is 16.6. The highest BCUT2D eigenvalue weighted by Gasteiger charge is 2.16. The molecule has 0 atom stereocenters. The van der Waals surface area contributed by atoms with Crippen LogP contribution in [0, 0.1) is 6.92 Å². The average molecular weight is 269 g/mol. The number of fused-ring (bicyclic) bond motifs is 1. The van der Waals surface area contributed by atoms with Gasteiger partial charge in [-0.1, -0.05) is 18.2 Å². The van der Waals surface area contributed by atoms with Gasteiger partial charge in [0.05, 0.1) is 0 Å². The predicted molar refractivity (Wildman–Crippen MR) is 76.6 cm³/mol. The highest BCUT2D eigenvalue weighted by Crippen LogP contribution is 2.36. The molecule has 0 aromatic heterocycles. The van der Waals surface area contributed by atoms with Crippen molar-refractivity contribution in [3.05, 3.63) is 53.6 Å². The number of hydrogen-bond donors (Lipinski definition) is 1. The first kappa shape index (κ1) is 12.5. The number of rotatable bonds is 2. The molecule has 1 heterocycles. The van der Waals surface area contributed by atoms with E-state index in [4.69, 9.17) is 9.47 Å². The van der Waals surface area contributed by atoms with Gasteiger partial charge in [0, 0.05) is 17.3 Å². The number of aryl methyl sites for hydroxylation is 1. The second-order valence-electron chi connectivity index (χ2n) is 4.64. The first-order chi connectivity index (χ1) is 9.74. The maximum Gasteiger partial charge on any atom is 0.255 e. The van der Waals surface area contributed by atoms with Gasteiger partial charge < -0.3 is 14.8 Å². The fourth-order valence-corrected chi connectivity index (χ4v) is 2.19. The van der Waals surface area contributed by atoms with Crippen LogP contribution < -0.4 is 14.8 Å². The van der Waals surface area contributed by atoms with E-state index in [-0.39, 0.29) is 5.91 Å². The molecule has 4 nitrogen and oxygen atoms in total. The van der Waals surface area contributed by atoms with Crippen molar-refractivity contribution < 1.29 is 14.3 Å². The van der Waals surface area contributed by atoms with Gasteiger partial charge in [0.2, 0.25) is 0 Å². The second-order valence-corrected chi connectivity index (χ2v) is 4.64. The Labute approximate surface area is 117 Å². The van der Waals surface area contributed by atoms with Crippen molar-refractivity contribution in [2.24, 2.45) is 0 Å². The van der Waals surface area contributed by atoms with Crippen LogP contribution >= 0.6 is 0 Å². The Bertz CT molecular complexity index is 638. The van der Waals surface area contributed by atoms with Crippen molar-refractivity contribution >= 4 is 11.6 Å². The third-order valence-corrected chi connectivity index (χ3v) is 3.12. The average Bonchev–Trinajstić information content (AvgIpc) is 2.48. The topological polar surface area (TPSA) is 47.6 Å². The maximum atomic E-state index is 12.1. The van der Waals surface area contributed by atoms with Crippen LogP contribution in [0.4, 0.5) is 5.69 Å². The van der Waals surface area contributed by atoms with Crippen LogP contribution in [0.2, 0.25) is 0 Å². The standard InChI is InChI=1S/C16H15NO3/c1-11-9-13(10-14-15(11)20-8-7-19-14)17-16(18)12-5-3-2-4-6-12/h2-6,9-10H,7-8H2,1H3,(H,17,18). The van der Waals surface area contributed by atoms with Crippen molar-refractivity contribution in [2.45, 2.75) is 6.92 Å². The Morgan fingerprint density at radius 1 is 1.10 bits per heavy atom. The van der Waals surface area contributed by atoms with E-state index in [0.717, 1.165) is 11.3 Å². The van der Waals surface area contributed by atoms with Crippen molar-refractivity contribution in [3.8, 4) is 11.5 Å². The summed E-state index contributed by atoms with van der Waals surface area (Å²) >= 11 is 0. The molecular formula is C16H15NO3. The Balaban J connectivity index is 1.85. The number of benzene rings is 2. The van der Waals surface area contributed by atoms with Gasteiger partial charge in [-0.25, -0.2) is 0 Å². The molecule has 102 valence electrons. The third kappa shape index (κ3) is 2.45.